The van der Waals surface area contributed by atoms with E-state index in [2.05, 4.69) is 0 Å². The van der Waals surface area contributed by atoms with Gasteiger partial charge in [-0.1, -0.05) is 30.3 Å². The van der Waals surface area contributed by atoms with E-state index in [9.17, 15) is 4.79 Å². The van der Waals surface area contributed by atoms with Crippen molar-refractivity contribution in [3.05, 3.63) is 60.2 Å². The molecule has 0 radical (unpaired) electrons. The molecule has 0 N–H and O–H groups in total. The molecule has 0 saturated carbocycles. The second-order valence-electron chi connectivity index (χ2n) is 3.55. The maximum Gasteiger partial charge on any atom is 0.185 e. The van der Waals surface area contributed by atoms with E-state index < -0.39 is 0 Å². The molecule has 0 spiro atoms. The van der Waals surface area contributed by atoms with E-state index in [0.29, 0.717) is 0 Å². The minimum Gasteiger partial charge on any atom is -0.497 e. The Morgan fingerprint density at radius 3 is 2.24 bits per heavy atom. The van der Waals surface area contributed by atoms with Crippen molar-refractivity contribution in [2.75, 3.05) is 7.11 Å². The van der Waals surface area contributed by atoms with Crippen LogP contribution in [0.5, 0.6) is 5.75 Å². The normalized spacial score (nSPS) is 10.6. The van der Waals surface area contributed by atoms with Crippen molar-refractivity contribution >= 4 is 19.4 Å². The van der Waals surface area contributed by atoms with Crippen LogP contribution in [-0.4, -0.2) is 12.6 Å². The molecule has 1 unspecified atom stereocenters. The number of ether oxygens (including phenoxy) is 1. The highest BCUT2D eigenvalue weighted by atomic mass is 31.1. The van der Waals surface area contributed by atoms with Crippen LogP contribution < -0.4 is 10.0 Å². The third-order valence-corrected chi connectivity index (χ3v) is 3.52. The number of hydrogen-bond donors (Lipinski definition) is 0. The number of rotatable bonds is 4. The van der Waals surface area contributed by atoms with E-state index >= 15 is 0 Å². The molecular weight excluding hydrogens is 231 g/mol. The van der Waals surface area contributed by atoms with Crippen LogP contribution in [0.25, 0.3) is 0 Å². The Labute approximate surface area is 102 Å². The van der Waals surface area contributed by atoms with Gasteiger partial charge in [-0.2, -0.15) is 0 Å². The minimum absolute atomic E-state index is 0.152. The molecule has 1 atom stereocenters. The fourth-order valence-electron chi connectivity index (χ4n) is 1.47. The summed E-state index contributed by atoms with van der Waals surface area (Å²) in [6.45, 7) is 0. The third-order valence-electron chi connectivity index (χ3n) is 2.38. The van der Waals surface area contributed by atoms with Gasteiger partial charge < -0.3 is 4.74 Å². The van der Waals surface area contributed by atoms with E-state index in [4.69, 9.17) is 4.74 Å². The summed E-state index contributed by atoms with van der Waals surface area (Å²) in [5.74, 6) is 0.768. The second-order valence-corrected chi connectivity index (χ2v) is 4.83. The number of carbonyl (C=O) groups excluding carboxylic acids is 1. The Hall–Kier alpha value is -1.66. The number of hydrogen-bond acceptors (Lipinski definition) is 2. The zero-order valence-corrected chi connectivity index (χ0v) is 10.5. The zero-order chi connectivity index (χ0) is 12.1. The molecule has 0 bridgehead atoms. The van der Waals surface area contributed by atoms with Gasteiger partial charge in [-0.3, -0.25) is 4.79 Å². The van der Waals surface area contributed by atoms with Crippen molar-refractivity contribution in [1.82, 2.24) is 0 Å². The van der Waals surface area contributed by atoms with Gasteiger partial charge in [-0.05, 0) is 38.2 Å². The minimum atomic E-state index is 0.152. The molecule has 0 heterocycles. The summed E-state index contributed by atoms with van der Waals surface area (Å²) in [7, 11) is 1.79. The molecular formula is C14H13O2P. The van der Waals surface area contributed by atoms with Crippen molar-refractivity contribution in [2.45, 2.75) is 0 Å². The van der Waals surface area contributed by atoms with Gasteiger partial charge in [0, 0.05) is 5.56 Å². The van der Waals surface area contributed by atoms with E-state index in [1.54, 1.807) is 19.2 Å². The Kier molecular flexibility index (Phi) is 3.89. The molecule has 0 fully saturated rings. The number of methoxy groups -OCH3 is 1. The highest BCUT2D eigenvalue weighted by Gasteiger charge is 2.06. The summed E-state index contributed by atoms with van der Waals surface area (Å²) in [6, 6.07) is 17.0. The molecule has 2 rings (SSSR count). The zero-order valence-electron chi connectivity index (χ0n) is 9.51. The first-order valence-corrected chi connectivity index (χ1v) is 6.30. The first-order valence-electron chi connectivity index (χ1n) is 5.30. The fraction of sp³-hybridized carbons (Fsp3) is 0.0714. The molecule has 0 aliphatic rings. The summed E-state index contributed by atoms with van der Waals surface area (Å²) >= 11 is 0. The van der Waals surface area contributed by atoms with Gasteiger partial charge >= 0.3 is 0 Å². The van der Waals surface area contributed by atoms with Crippen LogP contribution in [0, 0.1) is 0 Å². The predicted molar refractivity (Wildman–Crippen MR) is 71.7 cm³/mol. The van der Waals surface area contributed by atoms with Crippen molar-refractivity contribution in [3.63, 3.8) is 0 Å². The largest absolute Gasteiger partial charge is 0.497 e. The highest BCUT2D eigenvalue weighted by Crippen LogP contribution is 2.20. The van der Waals surface area contributed by atoms with Gasteiger partial charge in [0.05, 0.1) is 7.11 Å². The summed E-state index contributed by atoms with van der Waals surface area (Å²) in [6.07, 6.45) is 0. The van der Waals surface area contributed by atoms with Crippen LogP contribution in [0.4, 0.5) is 0 Å². The molecule has 0 saturated heterocycles. The van der Waals surface area contributed by atoms with Gasteiger partial charge in [0.25, 0.3) is 0 Å². The lowest BCUT2D eigenvalue weighted by Crippen LogP contribution is -2.00. The highest BCUT2D eigenvalue weighted by molar-refractivity contribution is 7.66. The van der Waals surface area contributed by atoms with Crippen molar-refractivity contribution < 1.29 is 9.53 Å². The Bertz CT molecular complexity index is 491. The van der Waals surface area contributed by atoms with Crippen LogP contribution >= 0.6 is 8.58 Å². The summed E-state index contributed by atoms with van der Waals surface area (Å²) < 4.78 is 5.06. The van der Waals surface area contributed by atoms with Crippen LogP contribution in [0.2, 0.25) is 0 Å². The molecule has 86 valence electrons. The average molecular weight is 244 g/mol. The lowest BCUT2D eigenvalue weighted by molar-refractivity contribution is 0.108. The lowest BCUT2D eigenvalue weighted by atomic mass is 10.2. The topological polar surface area (TPSA) is 26.3 Å². The molecule has 2 aromatic rings. The second kappa shape index (κ2) is 5.60. The lowest BCUT2D eigenvalue weighted by Gasteiger charge is -2.03. The van der Waals surface area contributed by atoms with Crippen LogP contribution in [0.1, 0.15) is 10.4 Å². The van der Waals surface area contributed by atoms with Gasteiger partial charge in [0.15, 0.2) is 5.52 Å². The SMILES string of the molecule is COc1ccc(C(=O)Pc2ccccc2)cc1. The van der Waals surface area contributed by atoms with Crippen molar-refractivity contribution in [2.24, 2.45) is 0 Å². The van der Waals surface area contributed by atoms with Crippen LogP contribution in [0.3, 0.4) is 0 Å². The monoisotopic (exact) mass is 244 g/mol. The maximum atomic E-state index is 12.0. The van der Waals surface area contributed by atoms with Crippen molar-refractivity contribution in [3.8, 4) is 5.75 Å². The quantitative estimate of drug-likeness (QED) is 0.773. The van der Waals surface area contributed by atoms with E-state index in [1.807, 2.05) is 42.5 Å². The predicted octanol–water partition coefficient (Wildman–Crippen LogP) is 2.84. The average Bonchev–Trinajstić information content (AvgIpc) is 2.40. The van der Waals surface area contributed by atoms with Gasteiger partial charge in [-0.25, -0.2) is 0 Å². The molecule has 0 aliphatic carbocycles. The molecule has 3 heteroatoms. The smallest absolute Gasteiger partial charge is 0.185 e. The molecule has 17 heavy (non-hydrogen) atoms. The molecule has 0 aromatic heterocycles. The number of carbonyl (C=O) groups is 1. The van der Waals surface area contributed by atoms with Gasteiger partial charge in [0.1, 0.15) is 5.75 Å². The summed E-state index contributed by atoms with van der Waals surface area (Å²) in [5.41, 5.74) is 0.881. The van der Waals surface area contributed by atoms with Gasteiger partial charge in [-0.15, -0.1) is 0 Å². The molecule has 2 aromatic carbocycles. The standard InChI is InChI=1S/C14H13O2P/c1-16-12-9-7-11(8-10-12)14(15)17-13-5-3-2-4-6-13/h2-10,17H,1H3. The first-order chi connectivity index (χ1) is 8.29. The number of benzene rings is 2. The van der Waals surface area contributed by atoms with E-state index in [0.717, 1.165) is 16.6 Å². The molecule has 2 nitrogen and oxygen atoms in total. The summed E-state index contributed by atoms with van der Waals surface area (Å²) in [5, 5.41) is 1.06. The third kappa shape index (κ3) is 3.15. The van der Waals surface area contributed by atoms with E-state index in [1.165, 1.54) is 0 Å². The van der Waals surface area contributed by atoms with E-state index in [-0.39, 0.29) is 14.1 Å². The maximum absolute atomic E-state index is 12.0. The Morgan fingerprint density at radius 2 is 1.65 bits per heavy atom. The Balaban J connectivity index is 2.09. The molecule has 0 amide bonds. The Morgan fingerprint density at radius 1 is 1.00 bits per heavy atom. The van der Waals surface area contributed by atoms with Crippen LogP contribution in [0.15, 0.2) is 54.6 Å². The van der Waals surface area contributed by atoms with Crippen LogP contribution in [-0.2, 0) is 0 Å². The summed E-state index contributed by atoms with van der Waals surface area (Å²) in [4.78, 5) is 12.0. The van der Waals surface area contributed by atoms with Gasteiger partial charge in [0.2, 0.25) is 0 Å². The fourth-order valence-corrected chi connectivity index (χ4v) is 2.40. The molecule has 0 aliphatic heterocycles. The first kappa shape index (κ1) is 11.8. The van der Waals surface area contributed by atoms with Crippen molar-refractivity contribution in [1.29, 1.82) is 0 Å².